The van der Waals surface area contributed by atoms with E-state index in [1.54, 1.807) is 6.92 Å². The fraction of sp³-hybridized carbons (Fsp3) is 0.0556. The van der Waals surface area contributed by atoms with Crippen LogP contribution >= 0.6 is 11.6 Å². The molecule has 126 valence electrons. The number of carboxylic acids is 1. The van der Waals surface area contributed by atoms with E-state index in [0.717, 1.165) is 5.56 Å². The molecule has 0 bridgehead atoms. The molecule has 3 aromatic rings. The van der Waals surface area contributed by atoms with Gasteiger partial charge in [-0.15, -0.1) is 0 Å². The minimum Gasteiger partial charge on any atom is -0.478 e. The average molecular weight is 357 g/mol. The number of rotatable bonds is 4. The number of amides is 1. The van der Waals surface area contributed by atoms with Gasteiger partial charge in [0.15, 0.2) is 11.5 Å². The predicted molar refractivity (Wildman–Crippen MR) is 93.0 cm³/mol. The largest absolute Gasteiger partial charge is 0.478 e. The highest BCUT2D eigenvalue weighted by Gasteiger charge is 2.21. The zero-order chi connectivity index (χ0) is 18.0. The van der Waals surface area contributed by atoms with Crippen LogP contribution in [0.3, 0.4) is 0 Å². The van der Waals surface area contributed by atoms with Gasteiger partial charge in [-0.1, -0.05) is 47.1 Å². The zero-order valence-corrected chi connectivity index (χ0v) is 13.9. The van der Waals surface area contributed by atoms with Crippen molar-refractivity contribution in [1.29, 1.82) is 0 Å². The van der Waals surface area contributed by atoms with Gasteiger partial charge in [0.2, 0.25) is 0 Å². The SMILES string of the molecule is Cc1c(C(=O)Nc2ccc(Cl)cc2C(=O)O)noc1-c1ccccc1. The number of hydrogen-bond acceptors (Lipinski definition) is 4. The van der Waals surface area contributed by atoms with Crippen molar-refractivity contribution in [1.82, 2.24) is 5.16 Å². The fourth-order valence-corrected chi connectivity index (χ4v) is 2.56. The molecule has 0 aliphatic carbocycles. The summed E-state index contributed by atoms with van der Waals surface area (Å²) >= 11 is 5.81. The van der Waals surface area contributed by atoms with E-state index in [9.17, 15) is 14.7 Å². The molecule has 1 aromatic heterocycles. The third-order valence-electron chi connectivity index (χ3n) is 3.64. The van der Waals surface area contributed by atoms with Gasteiger partial charge < -0.3 is 14.9 Å². The summed E-state index contributed by atoms with van der Waals surface area (Å²) in [7, 11) is 0. The first-order valence-electron chi connectivity index (χ1n) is 7.33. The van der Waals surface area contributed by atoms with Gasteiger partial charge in [0.1, 0.15) is 0 Å². The maximum atomic E-state index is 12.5. The molecule has 25 heavy (non-hydrogen) atoms. The van der Waals surface area contributed by atoms with Crippen LogP contribution in [0.25, 0.3) is 11.3 Å². The Hall–Kier alpha value is -3.12. The highest BCUT2D eigenvalue weighted by atomic mass is 35.5. The van der Waals surface area contributed by atoms with Crippen molar-refractivity contribution in [3.63, 3.8) is 0 Å². The second-order valence-electron chi connectivity index (χ2n) is 5.30. The number of carbonyl (C=O) groups is 2. The summed E-state index contributed by atoms with van der Waals surface area (Å²) in [5.74, 6) is -1.27. The molecule has 0 aliphatic rings. The van der Waals surface area contributed by atoms with Gasteiger partial charge >= 0.3 is 5.97 Å². The number of anilines is 1. The van der Waals surface area contributed by atoms with Gasteiger partial charge in [0, 0.05) is 16.1 Å². The first-order chi connectivity index (χ1) is 12.0. The molecule has 7 heteroatoms. The van der Waals surface area contributed by atoms with Crippen molar-refractivity contribution < 1.29 is 19.2 Å². The Kier molecular flexibility index (Phi) is 4.54. The summed E-state index contributed by atoms with van der Waals surface area (Å²) in [5, 5.41) is 15.9. The van der Waals surface area contributed by atoms with Crippen LogP contribution in [0, 0.1) is 6.92 Å². The van der Waals surface area contributed by atoms with Crippen molar-refractivity contribution in [3.8, 4) is 11.3 Å². The standard InChI is InChI=1S/C18H13ClN2O4/c1-10-15(21-25-16(10)11-5-3-2-4-6-11)17(22)20-14-8-7-12(19)9-13(14)18(23)24/h2-9H,1H3,(H,20,22)(H,23,24). The van der Waals surface area contributed by atoms with E-state index in [2.05, 4.69) is 10.5 Å². The molecule has 0 atom stereocenters. The minimum absolute atomic E-state index is 0.0881. The molecule has 1 heterocycles. The number of nitrogens with zero attached hydrogens (tertiary/aromatic N) is 1. The number of hydrogen-bond donors (Lipinski definition) is 2. The first-order valence-corrected chi connectivity index (χ1v) is 7.71. The number of carboxylic acid groups (broad SMARTS) is 1. The summed E-state index contributed by atoms with van der Waals surface area (Å²) in [4.78, 5) is 23.8. The normalized spacial score (nSPS) is 10.5. The summed E-state index contributed by atoms with van der Waals surface area (Å²) in [5.41, 5.74) is 1.47. The van der Waals surface area contributed by atoms with Crippen LogP contribution < -0.4 is 5.32 Å². The second-order valence-corrected chi connectivity index (χ2v) is 5.74. The smallest absolute Gasteiger partial charge is 0.337 e. The van der Waals surface area contributed by atoms with E-state index in [0.29, 0.717) is 11.3 Å². The molecule has 3 rings (SSSR count). The lowest BCUT2D eigenvalue weighted by molar-refractivity contribution is 0.0698. The van der Waals surface area contributed by atoms with Gasteiger partial charge in [-0.05, 0) is 25.1 Å². The molecule has 0 saturated heterocycles. The predicted octanol–water partition coefficient (Wildman–Crippen LogP) is 4.25. The lowest BCUT2D eigenvalue weighted by Gasteiger charge is -2.07. The first kappa shape index (κ1) is 16.7. The van der Waals surface area contributed by atoms with Crippen LogP contribution in [-0.4, -0.2) is 22.1 Å². The minimum atomic E-state index is -1.19. The van der Waals surface area contributed by atoms with Crippen molar-refractivity contribution in [2.45, 2.75) is 6.92 Å². The van der Waals surface area contributed by atoms with Crippen molar-refractivity contribution in [2.75, 3.05) is 5.32 Å². The number of aromatic nitrogens is 1. The van der Waals surface area contributed by atoms with Crippen molar-refractivity contribution in [3.05, 3.63) is 70.4 Å². The number of carbonyl (C=O) groups excluding carboxylic acids is 1. The summed E-state index contributed by atoms with van der Waals surface area (Å²) < 4.78 is 5.29. The molecule has 0 aliphatic heterocycles. The van der Waals surface area contributed by atoms with E-state index in [1.807, 2.05) is 30.3 Å². The second kappa shape index (κ2) is 6.78. The Bertz CT molecular complexity index is 951. The van der Waals surface area contributed by atoms with Crippen LogP contribution in [0.1, 0.15) is 26.4 Å². The molecule has 1 amide bonds. The quantitative estimate of drug-likeness (QED) is 0.728. The molecular weight excluding hydrogens is 344 g/mol. The van der Waals surface area contributed by atoms with Crippen LogP contribution in [0.2, 0.25) is 5.02 Å². The Labute approximate surface area is 148 Å². The van der Waals surface area contributed by atoms with Crippen molar-refractivity contribution >= 4 is 29.2 Å². The van der Waals surface area contributed by atoms with E-state index >= 15 is 0 Å². The molecule has 0 radical (unpaired) electrons. The molecular formula is C18H13ClN2O4. The van der Waals surface area contributed by atoms with E-state index in [-0.39, 0.29) is 22.0 Å². The third-order valence-corrected chi connectivity index (χ3v) is 3.87. The average Bonchev–Trinajstić information content (AvgIpc) is 2.98. The topological polar surface area (TPSA) is 92.4 Å². The molecule has 2 N–H and O–H groups in total. The number of halogens is 1. The highest BCUT2D eigenvalue weighted by molar-refractivity contribution is 6.31. The molecule has 6 nitrogen and oxygen atoms in total. The Morgan fingerprint density at radius 1 is 1.16 bits per heavy atom. The zero-order valence-electron chi connectivity index (χ0n) is 13.1. The monoisotopic (exact) mass is 356 g/mol. The molecule has 2 aromatic carbocycles. The van der Waals surface area contributed by atoms with Crippen LogP contribution in [0.4, 0.5) is 5.69 Å². The van der Waals surface area contributed by atoms with Gasteiger partial charge in [-0.2, -0.15) is 0 Å². The molecule has 0 saturated carbocycles. The lowest BCUT2D eigenvalue weighted by atomic mass is 10.1. The van der Waals surface area contributed by atoms with Crippen LogP contribution in [0.15, 0.2) is 53.1 Å². The number of benzene rings is 2. The molecule has 0 unspecified atom stereocenters. The summed E-state index contributed by atoms with van der Waals surface area (Å²) in [6.45, 7) is 1.72. The maximum absolute atomic E-state index is 12.5. The lowest BCUT2D eigenvalue weighted by Crippen LogP contribution is -2.16. The fourth-order valence-electron chi connectivity index (χ4n) is 2.39. The van der Waals surface area contributed by atoms with Crippen LogP contribution in [0.5, 0.6) is 0 Å². The van der Waals surface area contributed by atoms with E-state index < -0.39 is 11.9 Å². The molecule has 0 spiro atoms. The van der Waals surface area contributed by atoms with E-state index in [1.165, 1.54) is 18.2 Å². The number of nitrogens with one attached hydrogen (secondary N) is 1. The van der Waals surface area contributed by atoms with Gasteiger partial charge in [0.05, 0.1) is 11.3 Å². The van der Waals surface area contributed by atoms with Gasteiger partial charge in [0.25, 0.3) is 5.91 Å². The third kappa shape index (κ3) is 3.39. The van der Waals surface area contributed by atoms with E-state index in [4.69, 9.17) is 16.1 Å². The number of aromatic carboxylic acids is 1. The van der Waals surface area contributed by atoms with Gasteiger partial charge in [-0.3, -0.25) is 4.79 Å². The van der Waals surface area contributed by atoms with Crippen LogP contribution in [-0.2, 0) is 0 Å². The maximum Gasteiger partial charge on any atom is 0.337 e. The summed E-state index contributed by atoms with van der Waals surface area (Å²) in [6.07, 6.45) is 0. The highest BCUT2D eigenvalue weighted by Crippen LogP contribution is 2.27. The van der Waals surface area contributed by atoms with Gasteiger partial charge in [-0.25, -0.2) is 4.79 Å². The molecule has 0 fully saturated rings. The Morgan fingerprint density at radius 3 is 2.56 bits per heavy atom. The Balaban J connectivity index is 1.91. The summed E-state index contributed by atoms with van der Waals surface area (Å²) in [6, 6.07) is 13.5. The van der Waals surface area contributed by atoms with Crippen molar-refractivity contribution in [2.24, 2.45) is 0 Å². The Morgan fingerprint density at radius 2 is 1.88 bits per heavy atom.